The van der Waals surface area contributed by atoms with Crippen molar-refractivity contribution >= 4 is 27.3 Å². The van der Waals surface area contributed by atoms with E-state index in [1.807, 2.05) is 24.3 Å². The maximum absolute atomic E-state index is 13.1. The van der Waals surface area contributed by atoms with E-state index in [1.54, 1.807) is 18.1 Å². The Hall–Kier alpha value is -3.99. The van der Waals surface area contributed by atoms with Crippen LogP contribution in [0.25, 0.3) is 0 Å². The van der Waals surface area contributed by atoms with E-state index < -0.39 is 10.0 Å². The highest BCUT2D eigenvalue weighted by Gasteiger charge is 2.24. The first-order chi connectivity index (χ1) is 17.4. The molecule has 1 aromatic heterocycles. The van der Waals surface area contributed by atoms with Crippen molar-refractivity contribution in [3.63, 3.8) is 0 Å². The highest BCUT2D eigenvalue weighted by Crippen LogP contribution is 2.32. The van der Waals surface area contributed by atoms with Gasteiger partial charge in [-0.05, 0) is 42.5 Å². The first-order valence-electron chi connectivity index (χ1n) is 11.5. The number of amides is 1. The summed E-state index contributed by atoms with van der Waals surface area (Å²) in [6.45, 7) is 3.21. The van der Waals surface area contributed by atoms with E-state index in [4.69, 9.17) is 14.2 Å². The topological polar surface area (TPSA) is 110 Å². The van der Waals surface area contributed by atoms with Gasteiger partial charge in [-0.25, -0.2) is 8.42 Å². The number of benzene rings is 2. The molecule has 1 fully saturated rings. The predicted octanol–water partition coefficient (Wildman–Crippen LogP) is 2.62. The molecule has 5 rings (SSSR count). The minimum atomic E-state index is -3.92. The van der Waals surface area contributed by atoms with Crippen molar-refractivity contribution in [2.75, 3.05) is 56.1 Å². The molecule has 1 saturated heterocycles. The van der Waals surface area contributed by atoms with Crippen molar-refractivity contribution in [3.8, 4) is 17.2 Å². The summed E-state index contributed by atoms with van der Waals surface area (Å²) >= 11 is 0. The number of piperazine rings is 1. The minimum absolute atomic E-state index is 0.0260. The molecule has 10 nitrogen and oxygen atoms in total. The van der Waals surface area contributed by atoms with Crippen molar-refractivity contribution in [2.24, 2.45) is 0 Å². The molecular formula is C25H26N4O6S. The van der Waals surface area contributed by atoms with Crippen LogP contribution in [-0.2, 0) is 10.0 Å². The van der Waals surface area contributed by atoms with Crippen LogP contribution in [0.4, 0.5) is 11.4 Å². The van der Waals surface area contributed by atoms with Gasteiger partial charge in [0.1, 0.15) is 19.0 Å². The largest absolute Gasteiger partial charge is 0.497 e. The van der Waals surface area contributed by atoms with Crippen LogP contribution in [-0.4, -0.2) is 70.7 Å². The number of carbonyl (C=O) groups is 1. The molecule has 0 spiro atoms. The van der Waals surface area contributed by atoms with Gasteiger partial charge in [0.2, 0.25) is 0 Å². The molecule has 3 heterocycles. The van der Waals surface area contributed by atoms with Gasteiger partial charge in [0.25, 0.3) is 15.9 Å². The van der Waals surface area contributed by atoms with Gasteiger partial charge in [-0.3, -0.25) is 14.5 Å². The Bertz CT molecular complexity index is 1360. The van der Waals surface area contributed by atoms with Crippen LogP contribution in [0.5, 0.6) is 17.2 Å². The Kier molecular flexibility index (Phi) is 6.55. The lowest BCUT2D eigenvalue weighted by molar-refractivity contribution is 0.0746. The van der Waals surface area contributed by atoms with Crippen molar-refractivity contribution in [3.05, 3.63) is 66.5 Å². The number of fused-ring (bicyclic) bond motifs is 1. The zero-order valence-corrected chi connectivity index (χ0v) is 20.5. The van der Waals surface area contributed by atoms with E-state index in [0.717, 1.165) is 11.4 Å². The van der Waals surface area contributed by atoms with Crippen molar-refractivity contribution in [1.82, 2.24) is 9.88 Å². The molecule has 0 saturated carbocycles. The summed E-state index contributed by atoms with van der Waals surface area (Å²) in [7, 11) is -2.29. The fourth-order valence-electron chi connectivity index (χ4n) is 4.16. The number of anilines is 2. The molecule has 3 aromatic rings. The lowest BCUT2D eigenvalue weighted by Gasteiger charge is -2.36. The summed E-state index contributed by atoms with van der Waals surface area (Å²) in [5, 5.41) is 0. The lowest BCUT2D eigenvalue weighted by atomic mass is 10.2. The van der Waals surface area contributed by atoms with Crippen LogP contribution < -0.4 is 23.8 Å². The van der Waals surface area contributed by atoms with Crippen molar-refractivity contribution in [1.29, 1.82) is 0 Å². The number of pyridine rings is 1. The number of nitrogens with zero attached hydrogens (tertiary/aromatic N) is 3. The average Bonchev–Trinajstić information content (AvgIpc) is 2.92. The lowest BCUT2D eigenvalue weighted by Crippen LogP contribution is -2.48. The van der Waals surface area contributed by atoms with Crippen LogP contribution in [0, 0.1) is 0 Å². The Morgan fingerprint density at radius 3 is 2.39 bits per heavy atom. The average molecular weight is 511 g/mol. The number of sulfonamides is 1. The van der Waals surface area contributed by atoms with Gasteiger partial charge in [-0.15, -0.1) is 0 Å². The summed E-state index contributed by atoms with van der Waals surface area (Å²) in [5.41, 5.74) is 1.59. The normalized spacial score (nSPS) is 15.4. The summed E-state index contributed by atoms with van der Waals surface area (Å²) in [5.74, 6) is 1.48. The first-order valence-corrected chi connectivity index (χ1v) is 13.0. The van der Waals surface area contributed by atoms with Gasteiger partial charge in [0, 0.05) is 44.1 Å². The van der Waals surface area contributed by atoms with Crippen molar-refractivity contribution < 1.29 is 27.4 Å². The molecule has 2 aromatic carbocycles. The second-order valence-corrected chi connectivity index (χ2v) is 10.0. The highest BCUT2D eigenvalue weighted by molar-refractivity contribution is 7.92. The van der Waals surface area contributed by atoms with E-state index in [2.05, 4.69) is 14.6 Å². The number of hydrogen-bond acceptors (Lipinski definition) is 8. The van der Waals surface area contributed by atoms with Crippen LogP contribution in [0.3, 0.4) is 0 Å². The van der Waals surface area contributed by atoms with Crippen LogP contribution in [0.2, 0.25) is 0 Å². The number of carbonyl (C=O) groups excluding carboxylic acids is 1. The van der Waals surface area contributed by atoms with E-state index in [1.165, 1.54) is 30.6 Å². The molecule has 188 valence electrons. The Balaban J connectivity index is 1.24. The molecule has 36 heavy (non-hydrogen) atoms. The smallest absolute Gasteiger partial charge is 0.262 e. The quantitative estimate of drug-likeness (QED) is 0.539. The maximum Gasteiger partial charge on any atom is 0.262 e. The Morgan fingerprint density at radius 1 is 0.944 bits per heavy atom. The van der Waals surface area contributed by atoms with E-state index in [9.17, 15) is 13.2 Å². The predicted molar refractivity (Wildman–Crippen MR) is 134 cm³/mol. The third kappa shape index (κ3) is 5.01. The zero-order chi connectivity index (χ0) is 25.1. The Labute approximate surface area is 209 Å². The Morgan fingerprint density at radius 2 is 1.67 bits per heavy atom. The molecule has 1 N–H and O–H groups in total. The van der Waals surface area contributed by atoms with Crippen molar-refractivity contribution in [2.45, 2.75) is 4.90 Å². The number of rotatable bonds is 6. The maximum atomic E-state index is 13.1. The number of nitrogens with one attached hydrogen (secondary N) is 1. The number of methoxy groups -OCH3 is 1. The van der Waals surface area contributed by atoms with Gasteiger partial charge in [0.15, 0.2) is 11.5 Å². The molecule has 2 aliphatic rings. The highest BCUT2D eigenvalue weighted by atomic mass is 32.2. The van der Waals surface area contributed by atoms with Crippen LogP contribution >= 0.6 is 0 Å². The van der Waals surface area contributed by atoms with E-state index in [-0.39, 0.29) is 16.5 Å². The summed E-state index contributed by atoms with van der Waals surface area (Å²) in [6, 6.07) is 13.7. The third-order valence-corrected chi connectivity index (χ3v) is 7.44. The molecule has 2 aliphatic heterocycles. The van der Waals surface area contributed by atoms with Gasteiger partial charge in [-0.2, -0.15) is 0 Å². The molecule has 11 heteroatoms. The van der Waals surface area contributed by atoms with Gasteiger partial charge >= 0.3 is 0 Å². The molecule has 0 radical (unpaired) electrons. The van der Waals surface area contributed by atoms with Gasteiger partial charge in [-0.1, -0.05) is 0 Å². The number of ether oxygens (including phenoxy) is 3. The second kappa shape index (κ2) is 9.94. The SMILES string of the molecule is COc1ccc(N2CCN(C(=O)c3cncc(NS(=O)(=O)c4ccc5c(c4)OCCO5)c3)CC2)cc1. The standard InChI is InChI=1S/C25H26N4O6S/c1-33-21-4-2-20(3-5-21)28-8-10-29(11-9-28)25(30)18-14-19(17-26-16-18)27-36(31,32)22-6-7-23-24(15-22)35-13-12-34-23/h2-7,14-17,27H,8-13H2,1H3. The van der Waals surface area contributed by atoms with Gasteiger partial charge in [0.05, 0.1) is 29.5 Å². The van der Waals surface area contributed by atoms with E-state index >= 15 is 0 Å². The molecule has 0 aliphatic carbocycles. The molecule has 0 unspecified atom stereocenters. The summed E-state index contributed by atoms with van der Waals surface area (Å²) in [4.78, 5) is 21.2. The fraction of sp³-hybridized carbons (Fsp3) is 0.280. The molecule has 0 bridgehead atoms. The first kappa shape index (κ1) is 23.7. The van der Waals surface area contributed by atoms with Crippen LogP contribution in [0.15, 0.2) is 65.8 Å². The summed E-state index contributed by atoms with van der Waals surface area (Å²) < 4.78 is 44.5. The fourth-order valence-corrected chi connectivity index (χ4v) is 5.21. The number of aromatic nitrogens is 1. The van der Waals surface area contributed by atoms with Gasteiger partial charge < -0.3 is 24.0 Å². The number of hydrogen-bond donors (Lipinski definition) is 1. The van der Waals surface area contributed by atoms with E-state index in [0.29, 0.717) is 56.5 Å². The zero-order valence-electron chi connectivity index (χ0n) is 19.7. The third-order valence-electron chi connectivity index (χ3n) is 6.07. The molecule has 0 atom stereocenters. The second-order valence-electron chi connectivity index (χ2n) is 8.35. The monoisotopic (exact) mass is 510 g/mol. The van der Waals surface area contributed by atoms with Crippen LogP contribution in [0.1, 0.15) is 10.4 Å². The minimum Gasteiger partial charge on any atom is -0.497 e. The molecular weight excluding hydrogens is 484 g/mol. The molecule has 1 amide bonds. The summed E-state index contributed by atoms with van der Waals surface area (Å²) in [6.07, 6.45) is 2.81.